The van der Waals surface area contributed by atoms with E-state index in [1.54, 1.807) is 5.38 Å². The Morgan fingerprint density at radius 1 is 1.33 bits per heavy atom. The zero-order valence-corrected chi connectivity index (χ0v) is 15.6. The average Bonchev–Trinajstić information content (AvgIpc) is 3.10. The smallest absolute Gasteiger partial charge is 0.270 e. The molecule has 1 aliphatic heterocycles. The number of halogens is 1. The standard InChI is InChI=1S/C16H26N4O2S.ClH/c17-10-14-19-13(11-23-14)15(21)18-12-16(4-2-1-3-5-16)20-6-8-22-9-7-20;/h11H,1-10,12,17H2,(H,18,21);1H. The largest absolute Gasteiger partial charge is 0.379 e. The van der Waals surface area contributed by atoms with E-state index >= 15 is 0 Å². The highest BCUT2D eigenvalue weighted by molar-refractivity contribution is 7.09. The summed E-state index contributed by atoms with van der Waals surface area (Å²) < 4.78 is 5.50. The van der Waals surface area contributed by atoms with Crippen LogP contribution in [0.2, 0.25) is 0 Å². The highest BCUT2D eigenvalue weighted by atomic mass is 35.5. The first-order valence-electron chi connectivity index (χ1n) is 8.49. The van der Waals surface area contributed by atoms with Crippen molar-refractivity contribution in [3.8, 4) is 0 Å². The number of hydrogen-bond acceptors (Lipinski definition) is 6. The number of hydrogen-bond donors (Lipinski definition) is 2. The van der Waals surface area contributed by atoms with E-state index in [1.807, 2.05) is 0 Å². The fourth-order valence-corrected chi connectivity index (χ4v) is 4.35. The van der Waals surface area contributed by atoms with Gasteiger partial charge in [-0.05, 0) is 12.8 Å². The van der Waals surface area contributed by atoms with Crippen LogP contribution in [0.15, 0.2) is 5.38 Å². The third-order valence-electron chi connectivity index (χ3n) is 5.00. The summed E-state index contributed by atoms with van der Waals surface area (Å²) in [6.07, 6.45) is 6.07. The molecule has 1 amide bonds. The lowest BCUT2D eigenvalue weighted by atomic mass is 9.79. The predicted octanol–water partition coefficient (Wildman–Crippen LogP) is 1.79. The van der Waals surface area contributed by atoms with Crippen LogP contribution in [0, 0.1) is 0 Å². The lowest BCUT2D eigenvalue weighted by Crippen LogP contribution is -2.59. The lowest BCUT2D eigenvalue weighted by molar-refractivity contribution is -0.0361. The monoisotopic (exact) mass is 374 g/mol. The molecule has 0 aromatic carbocycles. The van der Waals surface area contributed by atoms with Gasteiger partial charge in [-0.1, -0.05) is 19.3 Å². The van der Waals surface area contributed by atoms with E-state index in [4.69, 9.17) is 10.5 Å². The summed E-state index contributed by atoms with van der Waals surface area (Å²) in [6, 6.07) is 0. The van der Waals surface area contributed by atoms with Gasteiger partial charge < -0.3 is 15.8 Å². The summed E-state index contributed by atoms with van der Waals surface area (Å²) in [5, 5.41) is 5.72. The molecule has 24 heavy (non-hydrogen) atoms. The van der Waals surface area contributed by atoms with E-state index in [1.165, 1.54) is 30.6 Å². The Kier molecular flexibility index (Phi) is 7.43. The summed E-state index contributed by atoms with van der Waals surface area (Å²) in [4.78, 5) is 19.2. The second-order valence-electron chi connectivity index (χ2n) is 6.40. The zero-order chi connectivity index (χ0) is 16.1. The third kappa shape index (κ3) is 4.46. The van der Waals surface area contributed by atoms with Gasteiger partial charge in [-0.2, -0.15) is 0 Å². The first-order valence-corrected chi connectivity index (χ1v) is 9.37. The fraction of sp³-hybridized carbons (Fsp3) is 0.750. The Bertz CT molecular complexity index is 528. The molecule has 1 saturated carbocycles. The molecule has 2 fully saturated rings. The zero-order valence-electron chi connectivity index (χ0n) is 14.0. The molecule has 1 aromatic rings. The van der Waals surface area contributed by atoms with E-state index in [2.05, 4.69) is 15.2 Å². The van der Waals surface area contributed by atoms with Gasteiger partial charge in [0.15, 0.2) is 0 Å². The molecule has 1 saturated heterocycles. The van der Waals surface area contributed by atoms with E-state index in [0.717, 1.165) is 44.2 Å². The number of nitrogens with zero attached hydrogens (tertiary/aromatic N) is 2. The van der Waals surface area contributed by atoms with Gasteiger partial charge in [-0.15, -0.1) is 23.7 Å². The number of thiazole rings is 1. The Morgan fingerprint density at radius 3 is 2.67 bits per heavy atom. The van der Waals surface area contributed by atoms with Crippen molar-refractivity contribution in [2.75, 3.05) is 32.8 Å². The van der Waals surface area contributed by atoms with Crippen LogP contribution in [-0.2, 0) is 11.3 Å². The summed E-state index contributed by atoms with van der Waals surface area (Å²) in [5.74, 6) is -0.0841. The number of amides is 1. The normalized spacial score (nSPS) is 21.0. The average molecular weight is 375 g/mol. The minimum absolute atomic E-state index is 0. The molecule has 0 atom stereocenters. The topological polar surface area (TPSA) is 80.5 Å². The van der Waals surface area contributed by atoms with E-state index in [9.17, 15) is 4.79 Å². The second-order valence-corrected chi connectivity index (χ2v) is 7.34. The second kappa shape index (κ2) is 9.10. The van der Waals surface area contributed by atoms with Crippen LogP contribution in [0.3, 0.4) is 0 Å². The van der Waals surface area contributed by atoms with Gasteiger partial charge in [-0.25, -0.2) is 4.98 Å². The summed E-state index contributed by atoms with van der Waals surface area (Å²) in [5.41, 5.74) is 6.15. The summed E-state index contributed by atoms with van der Waals surface area (Å²) in [7, 11) is 0. The number of nitrogens with two attached hydrogens (primary N) is 1. The molecule has 1 aliphatic carbocycles. The Morgan fingerprint density at radius 2 is 2.04 bits per heavy atom. The van der Waals surface area contributed by atoms with Crippen molar-refractivity contribution in [2.45, 2.75) is 44.2 Å². The maximum atomic E-state index is 12.4. The number of carbonyl (C=O) groups excluding carboxylic acids is 1. The molecule has 1 aromatic heterocycles. The minimum Gasteiger partial charge on any atom is -0.379 e. The molecule has 2 aliphatic rings. The molecule has 0 bridgehead atoms. The molecule has 0 radical (unpaired) electrons. The Labute approximate surface area is 153 Å². The minimum atomic E-state index is -0.0841. The SMILES string of the molecule is Cl.NCc1nc(C(=O)NCC2(N3CCOCC3)CCCCC2)cs1. The molecular formula is C16H27ClN4O2S. The number of rotatable bonds is 5. The van der Waals surface area contributed by atoms with Gasteiger partial charge in [-0.3, -0.25) is 9.69 Å². The van der Waals surface area contributed by atoms with Crippen LogP contribution in [0.5, 0.6) is 0 Å². The van der Waals surface area contributed by atoms with Crippen LogP contribution >= 0.6 is 23.7 Å². The van der Waals surface area contributed by atoms with E-state index < -0.39 is 0 Å². The molecule has 3 N–H and O–H groups in total. The molecule has 136 valence electrons. The Hall–Kier alpha value is -0.730. The van der Waals surface area contributed by atoms with Crippen LogP contribution in [0.4, 0.5) is 0 Å². The first-order chi connectivity index (χ1) is 11.2. The molecule has 2 heterocycles. The maximum Gasteiger partial charge on any atom is 0.270 e. The first kappa shape index (κ1) is 19.6. The molecule has 0 spiro atoms. The van der Waals surface area contributed by atoms with Crippen molar-refractivity contribution in [1.29, 1.82) is 0 Å². The van der Waals surface area contributed by atoms with Gasteiger partial charge in [0.2, 0.25) is 0 Å². The number of ether oxygens (including phenoxy) is 1. The van der Waals surface area contributed by atoms with Crippen LogP contribution in [0.25, 0.3) is 0 Å². The van der Waals surface area contributed by atoms with E-state index in [-0.39, 0.29) is 23.9 Å². The van der Waals surface area contributed by atoms with Crippen molar-refractivity contribution in [3.05, 3.63) is 16.1 Å². The predicted molar refractivity (Wildman–Crippen MR) is 97.8 cm³/mol. The molecule has 8 heteroatoms. The molecule has 6 nitrogen and oxygen atoms in total. The molecule has 3 rings (SSSR count). The van der Waals surface area contributed by atoms with Crippen LogP contribution in [-0.4, -0.2) is 54.2 Å². The van der Waals surface area contributed by atoms with Gasteiger partial charge in [0.05, 0.1) is 13.2 Å². The number of morpholine rings is 1. The van der Waals surface area contributed by atoms with Crippen LogP contribution in [0.1, 0.15) is 47.6 Å². The van der Waals surface area contributed by atoms with Crippen molar-refractivity contribution in [3.63, 3.8) is 0 Å². The molecule has 0 unspecified atom stereocenters. The quantitative estimate of drug-likeness (QED) is 0.821. The van der Waals surface area contributed by atoms with Gasteiger partial charge in [0.1, 0.15) is 10.7 Å². The van der Waals surface area contributed by atoms with Gasteiger partial charge in [0.25, 0.3) is 5.91 Å². The fourth-order valence-electron chi connectivity index (χ4n) is 3.70. The van der Waals surface area contributed by atoms with Crippen LogP contribution < -0.4 is 11.1 Å². The Balaban J connectivity index is 0.00000208. The molecular weight excluding hydrogens is 348 g/mol. The van der Waals surface area contributed by atoms with Gasteiger partial charge in [0, 0.05) is 37.1 Å². The number of nitrogens with one attached hydrogen (secondary N) is 1. The number of carbonyl (C=O) groups is 1. The van der Waals surface area contributed by atoms with Gasteiger partial charge >= 0.3 is 0 Å². The van der Waals surface area contributed by atoms with Crippen molar-refractivity contribution < 1.29 is 9.53 Å². The number of aromatic nitrogens is 1. The highest BCUT2D eigenvalue weighted by Crippen LogP contribution is 2.33. The van der Waals surface area contributed by atoms with Crippen molar-refractivity contribution in [2.24, 2.45) is 5.73 Å². The highest BCUT2D eigenvalue weighted by Gasteiger charge is 2.38. The van der Waals surface area contributed by atoms with Crippen molar-refractivity contribution >= 4 is 29.7 Å². The summed E-state index contributed by atoms with van der Waals surface area (Å²) in [6.45, 7) is 4.59. The van der Waals surface area contributed by atoms with E-state index in [0.29, 0.717) is 18.8 Å². The summed E-state index contributed by atoms with van der Waals surface area (Å²) >= 11 is 1.44. The van der Waals surface area contributed by atoms with Crippen molar-refractivity contribution in [1.82, 2.24) is 15.2 Å². The maximum absolute atomic E-state index is 12.4. The third-order valence-corrected chi connectivity index (χ3v) is 5.87. The lowest BCUT2D eigenvalue weighted by Gasteiger charge is -2.48.